The van der Waals surface area contributed by atoms with E-state index in [1.165, 1.54) is 128 Å². The summed E-state index contributed by atoms with van der Waals surface area (Å²) in [5.41, 5.74) is 0. The molecule has 0 bridgehead atoms. The van der Waals surface area contributed by atoms with Crippen molar-refractivity contribution in [2.75, 3.05) is 0 Å². The molecular formula is C32H64NbO4. The molecular weight excluding hydrogens is 541 g/mol. The quantitative estimate of drug-likeness (QED) is 0.209. The van der Waals surface area contributed by atoms with Crippen molar-refractivity contribution < 1.29 is 42.8 Å². The van der Waals surface area contributed by atoms with Crippen LogP contribution in [0.2, 0.25) is 0 Å². The third-order valence-electron chi connectivity index (χ3n) is 8.30. The van der Waals surface area contributed by atoms with Crippen molar-refractivity contribution in [1.82, 2.24) is 0 Å². The van der Waals surface area contributed by atoms with E-state index in [0.717, 1.165) is 51.4 Å². The van der Waals surface area contributed by atoms with Crippen LogP contribution < -0.4 is 0 Å². The molecule has 0 spiro atoms. The number of aliphatic hydroxyl groups is 4. The molecule has 0 aromatic heterocycles. The molecule has 221 valence electrons. The predicted molar refractivity (Wildman–Crippen MR) is 153 cm³/mol. The second-order valence-corrected chi connectivity index (χ2v) is 12.0. The molecule has 37 heavy (non-hydrogen) atoms. The number of aliphatic hydroxyl groups excluding tert-OH is 4. The first-order chi connectivity index (χ1) is 17.6. The number of hydrogen-bond donors (Lipinski definition) is 4. The first-order valence-corrected chi connectivity index (χ1v) is 16.3. The molecule has 0 aliphatic heterocycles. The minimum absolute atomic E-state index is 0. The van der Waals surface area contributed by atoms with E-state index in [1.807, 2.05) is 0 Å². The smallest absolute Gasteiger partial charge is 0.0540 e. The molecule has 4 nitrogen and oxygen atoms in total. The van der Waals surface area contributed by atoms with E-state index >= 15 is 0 Å². The Kier molecular flexibility index (Phi) is 28.6. The van der Waals surface area contributed by atoms with E-state index in [-0.39, 0.29) is 46.8 Å². The fraction of sp³-hybridized carbons (Fsp3) is 1.00. The van der Waals surface area contributed by atoms with Crippen molar-refractivity contribution in [3.05, 3.63) is 0 Å². The Morgan fingerprint density at radius 3 is 0.459 bits per heavy atom. The SMILES string of the molecule is OC1CCCCCCC1.OC1CCCCCCC1.OC1CCCCCCC1.OC1CCCCCCC1.[Nb]. The molecule has 4 rings (SSSR count). The van der Waals surface area contributed by atoms with Crippen molar-refractivity contribution in [3.8, 4) is 0 Å². The van der Waals surface area contributed by atoms with Gasteiger partial charge in [-0.15, -0.1) is 0 Å². The van der Waals surface area contributed by atoms with Gasteiger partial charge in [0.15, 0.2) is 0 Å². The van der Waals surface area contributed by atoms with Crippen molar-refractivity contribution in [3.63, 3.8) is 0 Å². The Morgan fingerprint density at radius 2 is 0.324 bits per heavy atom. The van der Waals surface area contributed by atoms with Gasteiger partial charge in [-0.05, 0) is 51.4 Å². The van der Waals surface area contributed by atoms with Crippen molar-refractivity contribution >= 4 is 0 Å². The Morgan fingerprint density at radius 1 is 0.216 bits per heavy atom. The van der Waals surface area contributed by atoms with Gasteiger partial charge in [0, 0.05) is 22.4 Å². The Labute approximate surface area is 246 Å². The Bertz CT molecular complexity index is 339. The van der Waals surface area contributed by atoms with Crippen molar-refractivity contribution in [1.29, 1.82) is 0 Å². The molecule has 0 atom stereocenters. The normalized spacial score (nSPS) is 24.3. The zero-order chi connectivity index (χ0) is 26.1. The average Bonchev–Trinajstić information content (AvgIpc) is 2.80. The van der Waals surface area contributed by atoms with Crippen LogP contribution in [0.15, 0.2) is 0 Å². The van der Waals surface area contributed by atoms with Crippen LogP contribution in [0.4, 0.5) is 0 Å². The van der Waals surface area contributed by atoms with Crippen LogP contribution in [0.25, 0.3) is 0 Å². The van der Waals surface area contributed by atoms with Gasteiger partial charge in [-0.25, -0.2) is 0 Å². The van der Waals surface area contributed by atoms with Crippen LogP contribution in [0, 0.1) is 0 Å². The first-order valence-electron chi connectivity index (χ1n) is 16.3. The summed E-state index contributed by atoms with van der Waals surface area (Å²) in [4.78, 5) is 0. The molecule has 5 heteroatoms. The summed E-state index contributed by atoms with van der Waals surface area (Å²) in [6.45, 7) is 0. The van der Waals surface area contributed by atoms with E-state index in [0.29, 0.717) is 0 Å². The van der Waals surface area contributed by atoms with Gasteiger partial charge >= 0.3 is 0 Å². The van der Waals surface area contributed by atoms with Gasteiger partial charge in [0.25, 0.3) is 0 Å². The topological polar surface area (TPSA) is 80.9 Å². The average molecular weight is 606 g/mol. The predicted octanol–water partition coefficient (Wildman–Crippen LogP) is 8.36. The zero-order valence-corrected chi connectivity index (χ0v) is 26.5. The molecule has 0 unspecified atom stereocenters. The summed E-state index contributed by atoms with van der Waals surface area (Å²) < 4.78 is 0. The van der Waals surface area contributed by atoms with Gasteiger partial charge in [-0.2, -0.15) is 0 Å². The molecule has 0 heterocycles. The summed E-state index contributed by atoms with van der Waals surface area (Å²) in [7, 11) is 0. The molecule has 4 fully saturated rings. The van der Waals surface area contributed by atoms with Gasteiger partial charge < -0.3 is 20.4 Å². The van der Waals surface area contributed by atoms with Crippen molar-refractivity contribution in [2.24, 2.45) is 0 Å². The molecule has 4 saturated carbocycles. The maximum absolute atomic E-state index is 9.21. The second-order valence-electron chi connectivity index (χ2n) is 12.0. The largest absolute Gasteiger partial charge is 0.393 e. The van der Waals surface area contributed by atoms with Crippen LogP contribution in [-0.4, -0.2) is 44.8 Å². The minimum Gasteiger partial charge on any atom is -0.393 e. The standard InChI is InChI=1S/4C8H16O.Nb/c4*9-8-6-4-2-1-3-5-7-8;/h4*8-9H,1-7H2;. The zero-order valence-electron chi connectivity index (χ0n) is 24.3. The third-order valence-corrected chi connectivity index (χ3v) is 8.30. The van der Waals surface area contributed by atoms with Gasteiger partial charge in [-0.3, -0.25) is 0 Å². The maximum Gasteiger partial charge on any atom is 0.0540 e. The Balaban J connectivity index is 0.000000463. The summed E-state index contributed by atoms with van der Waals surface area (Å²) in [6, 6.07) is 0. The molecule has 0 aromatic carbocycles. The third kappa shape index (κ3) is 26.6. The minimum atomic E-state index is 0. The number of hydrogen-bond acceptors (Lipinski definition) is 4. The van der Waals surface area contributed by atoms with Gasteiger partial charge in [-0.1, -0.05) is 128 Å². The van der Waals surface area contributed by atoms with Crippen LogP contribution >= 0.6 is 0 Å². The van der Waals surface area contributed by atoms with Crippen LogP contribution in [0.1, 0.15) is 180 Å². The summed E-state index contributed by atoms with van der Waals surface area (Å²) in [5, 5.41) is 36.9. The fourth-order valence-electron chi connectivity index (χ4n) is 5.74. The van der Waals surface area contributed by atoms with E-state index in [2.05, 4.69) is 0 Å². The molecule has 0 amide bonds. The monoisotopic (exact) mass is 605 g/mol. The molecule has 0 aromatic rings. The molecule has 4 N–H and O–H groups in total. The van der Waals surface area contributed by atoms with Crippen LogP contribution in [0.3, 0.4) is 0 Å². The van der Waals surface area contributed by atoms with E-state index in [1.54, 1.807) is 0 Å². The molecule has 1 radical (unpaired) electrons. The summed E-state index contributed by atoms with van der Waals surface area (Å²) in [5.74, 6) is 0. The molecule has 4 aliphatic rings. The van der Waals surface area contributed by atoms with Gasteiger partial charge in [0.05, 0.1) is 24.4 Å². The number of rotatable bonds is 0. The molecule has 0 saturated heterocycles. The van der Waals surface area contributed by atoms with Crippen LogP contribution in [-0.2, 0) is 22.4 Å². The van der Waals surface area contributed by atoms with Gasteiger partial charge in [0.2, 0.25) is 0 Å². The summed E-state index contributed by atoms with van der Waals surface area (Å²) in [6.07, 6.45) is 34.5. The maximum atomic E-state index is 9.21. The molecule has 4 aliphatic carbocycles. The Hall–Kier alpha value is 0.580. The van der Waals surface area contributed by atoms with E-state index < -0.39 is 0 Å². The second kappa shape index (κ2) is 28.1. The van der Waals surface area contributed by atoms with Crippen LogP contribution in [0.5, 0.6) is 0 Å². The first kappa shape index (κ1) is 37.6. The van der Waals surface area contributed by atoms with Gasteiger partial charge in [0.1, 0.15) is 0 Å². The fourth-order valence-corrected chi connectivity index (χ4v) is 5.74. The van der Waals surface area contributed by atoms with Crippen molar-refractivity contribution in [2.45, 2.75) is 204 Å². The van der Waals surface area contributed by atoms with E-state index in [9.17, 15) is 20.4 Å². The summed E-state index contributed by atoms with van der Waals surface area (Å²) >= 11 is 0. The van der Waals surface area contributed by atoms with E-state index in [4.69, 9.17) is 0 Å².